The minimum atomic E-state index is 0.823. The molecule has 0 saturated heterocycles. The molecule has 0 fully saturated rings. The monoisotopic (exact) mass is 221 g/mol. The molecule has 1 aromatic rings. The first-order valence-corrected chi connectivity index (χ1v) is 6.17. The summed E-state index contributed by atoms with van der Waals surface area (Å²) in [6, 6.07) is 8.70. The second kappa shape index (κ2) is 8.31. The minimum Gasteiger partial charge on any atom is -0.382 e. The van der Waals surface area contributed by atoms with Gasteiger partial charge in [-0.3, -0.25) is 0 Å². The van der Waals surface area contributed by atoms with Crippen LogP contribution in [0, 0.1) is 6.92 Å². The molecule has 0 saturated carbocycles. The second-order valence-corrected chi connectivity index (χ2v) is 4.04. The third kappa shape index (κ3) is 5.89. The molecule has 0 amide bonds. The molecular weight excluding hydrogens is 198 g/mol. The molecule has 0 aliphatic carbocycles. The summed E-state index contributed by atoms with van der Waals surface area (Å²) in [4.78, 5) is 0. The van der Waals surface area contributed by atoms with E-state index in [-0.39, 0.29) is 0 Å². The zero-order valence-electron chi connectivity index (χ0n) is 10.5. The van der Waals surface area contributed by atoms with E-state index in [4.69, 9.17) is 4.74 Å². The molecule has 1 aromatic carbocycles. The van der Waals surface area contributed by atoms with Crippen LogP contribution >= 0.6 is 0 Å². The highest BCUT2D eigenvalue weighted by atomic mass is 16.5. The number of aryl methyl sites for hydroxylation is 1. The Hall–Kier alpha value is -0.860. The van der Waals surface area contributed by atoms with E-state index in [1.807, 2.05) is 6.92 Å². The van der Waals surface area contributed by atoms with Gasteiger partial charge in [0.15, 0.2) is 0 Å². The number of benzene rings is 1. The van der Waals surface area contributed by atoms with Crippen LogP contribution in [0.3, 0.4) is 0 Å². The van der Waals surface area contributed by atoms with Crippen molar-refractivity contribution in [3.8, 4) is 0 Å². The third-order valence-corrected chi connectivity index (χ3v) is 2.52. The van der Waals surface area contributed by atoms with E-state index < -0.39 is 0 Å². The van der Waals surface area contributed by atoms with Gasteiger partial charge in [0.25, 0.3) is 0 Å². The predicted molar refractivity (Wildman–Crippen MR) is 68.9 cm³/mol. The molecule has 0 spiro atoms. The van der Waals surface area contributed by atoms with Crippen LogP contribution in [0.25, 0.3) is 0 Å². The lowest BCUT2D eigenvalue weighted by Gasteiger charge is -2.05. The van der Waals surface area contributed by atoms with Crippen molar-refractivity contribution in [1.82, 2.24) is 5.32 Å². The van der Waals surface area contributed by atoms with Crippen molar-refractivity contribution in [2.75, 3.05) is 26.3 Å². The minimum absolute atomic E-state index is 0.823. The normalized spacial score (nSPS) is 10.6. The predicted octanol–water partition coefficient (Wildman–Crippen LogP) is 2.55. The van der Waals surface area contributed by atoms with Crippen molar-refractivity contribution >= 4 is 0 Å². The molecule has 2 nitrogen and oxygen atoms in total. The molecule has 0 aliphatic heterocycles. The second-order valence-electron chi connectivity index (χ2n) is 4.04. The Bertz CT molecular complexity index is 286. The van der Waals surface area contributed by atoms with Crippen LogP contribution in [0.5, 0.6) is 0 Å². The van der Waals surface area contributed by atoms with E-state index in [9.17, 15) is 0 Å². The summed E-state index contributed by atoms with van der Waals surface area (Å²) in [7, 11) is 0. The van der Waals surface area contributed by atoms with E-state index >= 15 is 0 Å². The Morgan fingerprint density at radius 1 is 1.25 bits per heavy atom. The molecule has 1 rings (SSSR count). The van der Waals surface area contributed by atoms with Crippen molar-refractivity contribution in [3.05, 3.63) is 35.4 Å². The highest BCUT2D eigenvalue weighted by Crippen LogP contribution is 2.03. The SMILES string of the molecule is CCOCCCNCCc1cccc(C)c1. The smallest absolute Gasteiger partial charge is 0.0477 e. The summed E-state index contributed by atoms with van der Waals surface area (Å²) < 4.78 is 5.27. The lowest BCUT2D eigenvalue weighted by molar-refractivity contribution is 0.145. The Balaban J connectivity index is 2.03. The van der Waals surface area contributed by atoms with Gasteiger partial charge in [0.05, 0.1) is 0 Å². The fraction of sp³-hybridized carbons (Fsp3) is 0.571. The lowest BCUT2D eigenvalue weighted by Crippen LogP contribution is -2.19. The average Bonchev–Trinajstić information content (AvgIpc) is 2.28. The fourth-order valence-electron chi connectivity index (χ4n) is 1.67. The molecule has 0 bridgehead atoms. The molecule has 0 unspecified atom stereocenters. The summed E-state index contributed by atoms with van der Waals surface area (Å²) in [6.45, 7) is 7.96. The molecule has 90 valence electrons. The van der Waals surface area contributed by atoms with Gasteiger partial charge in [-0.25, -0.2) is 0 Å². The number of hydrogen-bond donors (Lipinski definition) is 1. The standard InChI is InChI=1S/C14H23NO/c1-3-16-11-5-9-15-10-8-14-7-4-6-13(2)12-14/h4,6-7,12,15H,3,5,8-11H2,1-2H3. The maximum atomic E-state index is 5.27. The summed E-state index contributed by atoms with van der Waals surface area (Å²) in [5, 5.41) is 3.43. The van der Waals surface area contributed by atoms with Crippen molar-refractivity contribution in [3.63, 3.8) is 0 Å². The number of rotatable bonds is 8. The van der Waals surface area contributed by atoms with Gasteiger partial charge in [-0.15, -0.1) is 0 Å². The number of hydrogen-bond acceptors (Lipinski definition) is 2. The van der Waals surface area contributed by atoms with Crippen molar-refractivity contribution in [1.29, 1.82) is 0 Å². The van der Waals surface area contributed by atoms with Crippen molar-refractivity contribution < 1.29 is 4.74 Å². The Labute approximate surface area is 99.0 Å². The van der Waals surface area contributed by atoms with Crippen LogP contribution in [-0.4, -0.2) is 26.3 Å². The van der Waals surface area contributed by atoms with Gasteiger partial charge in [0.2, 0.25) is 0 Å². The Morgan fingerprint density at radius 3 is 2.88 bits per heavy atom. The zero-order chi connectivity index (χ0) is 11.6. The zero-order valence-corrected chi connectivity index (χ0v) is 10.5. The van der Waals surface area contributed by atoms with Gasteiger partial charge in [-0.05, 0) is 45.3 Å². The van der Waals surface area contributed by atoms with E-state index in [0.717, 1.165) is 39.1 Å². The molecule has 0 aliphatic rings. The summed E-state index contributed by atoms with van der Waals surface area (Å²) in [5.74, 6) is 0. The Morgan fingerprint density at radius 2 is 2.12 bits per heavy atom. The summed E-state index contributed by atoms with van der Waals surface area (Å²) >= 11 is 0. The van der Waals surface area contributed by atoms with Crippen LogP contribution in [-0.2, 0) is 11.2 Å². The highest BCUT2D eigenvalue weighted by Gasteiger charge is 1.93. The van der Waals surface area contributed by atoms with Crippen molar-refractivity contribution in [2.24, 2.45) is 0 Å². The van der Waals surface area contributed by atoms with Gasteiger partial charge >= 0.3 is 0 Å². The van der Waals surface area contributed by atoms with Crippen molar-refractivity contribution in [2.45, 2.75) is 26.7 Å². The molecule has 0 aromatic heterocycles. The molecule has 16 heavy (non-hydrogen) atoms. The lowest BCUT2D eigenvalue weighted by atomic mass is 10.1. The summed E-state index contributed by atoms with van der Waals surface area (Å²) in [6.07, 6.45) is 2.21. The van der Waals surface area contributed by atoms with E-state index in [0.29, 0.717) is 0 Å². The molecule has 2 heteroatoms. The number of ether oxygens (including phenoxy) is 1. The summed E-state index contributed by atoms with van der Waals surface area (Å²) in [5.41, 5.74) is 2.76. The molecule has 1 N–H and O–H groups in total. The molecule has 0 heterocycles. The van der Waals surface area contributed by atoms with E-state index in [1.54, 1.807) is 0 Å². The van der Waals surface area contributed by atoms with Gasteiger partial charge in [0, 0.05) is 13.2 Å². The molecular formula is C14H23NO. The van der Waals surface area contributed by atoms with E-state index in [1.165, 1.54) is 11.1 Å². The maximum absolute atomic E-state index is 5.27. The van der Waals surface area contributed by atoms with Crippen LogP contribution in [0.4, 0.5) is 0 Å². The van der Waals surface area contributed by atoms with Gasteiger partial charge < -0.3 is 10.1 Å². The third-order valence-electron chi connectivity index (χ3n) is 2.52. The first-order chi connectivity index (χ1) is 7.83. The van der Waals surface area contributed by atoms with Gasteiger partial charge in [-0.2, -0.15) is 0 Å². The first-order valence-electron chi connectivity index (χ1n) is 6.17. The topological polar surface area (TPSA) is 21.3 Å². The van der Waals surface area contributed by atoms with Gasteiger partial charge in [-0.1, -0.05) is 29.8 Å². The van der Waals surface area contributed by atoms with Crippen LogP contribution in [0.1, 0.15) is 24.5 Å². The highest BCUT2D eigenvalue weighted by molar-refractivity contribution is 5.22. The van der Waals surface area contributed by atoms with Crippen LogP contribution in [0.15, 0.2) is 24.3 Å². The van der Waals surface area contributed by atoms with Gasteiger partial charge in [0.1, 0.15) is 0 Å². The molecule has 0 atom stereocenters. The number of nitrogens with one attached hydrogen (secondary N) is 1. The van der Waals surface area contributed by atoms with E-state index in [2.05, 4.69) is 36.5 Å². The maximum Gasteiger partial charge on any atom is 0.0477 e. The first kappa shape index (κ1) is 13.2. The average molecular weight is 221 g/mol. The fourth-order valence-corrected chi connectivity index (χ4v) is 1.67. The van der Waals surface area contributed by atoms with Crippen LogP contribution in [0.2, 0.25) is 0 Å². The quantitative estimate of drug-likeness (QED) is 0.681. The Kier molecular flexibility index (Phi) is 6.86. The largest absolute Gasteiger partial charge is 0.382 e. The molecule has 0 radical (unpaired) electrons. The van der Waals surface area contributed by atoms with Crippen LogP contribution < -0.4 is 5.32 Å².